The van der Waals surface area contributed by atoms with Crippen LogP contribution < -0.4 is 5.32 Å². The number of piperidine rings is 1. The van der Waals surface area contributed by atoms with Crippen molar-refractivity contribution in [1.82, 2.24) is 15.1 Å². The van der Waals surface area contributed by atoms with Gasteiger partial charge in [0.25, 0.3) is 0 Å². The summed E-state index contributed by atoms with van der Waals surface area (Å²) in [5, 5.41) is 3.34. The van der Waals surface area contributed by atoms with E-state index in [9.17, 15) is 0 Å². The van der Waals surface area contributed by atoms with Gasteiger partial charge in [0.05, 0.1) is 0 Å². The van der Waals surface area contributed by atoms with E-state index >= 15 is 0 Å². The number of likely N-dealkylation sites (tertiary alicyclic amines) is 1. The first-order valence-electron chi connectivity index (χ1n) is 7.24. The van der Waals surface area contributed by atoms with Crippen LogP contribution in [0, 0.1) is 11.8 Å². The molecular weight excluding hydrogens is 210 g/mol. The lowest BCUT2D eigenvalue weighted by Crippen LogP contribution is -2.53. The average molecular weight is 239 g/mol. The largest absolute Gasteiger partial charge is 0.319 e. The van der Waals surface area contributed by atoms with Gasteiger partial charge >= 0.3 is 0 Å². The van der Waals surface area contributed by atoms with Crippen LogP contribution in [0.25, 0.3) is 0 Å². The number of hydrogen-bond acceptors (Lipinski definition) is 3. The molecule has 17 heavy (non-hydrogen) atoms. The maximum Gasteiger partial charge on any atom is 0.0136 e. The molecule has 2 rings (SSSR count). The van der Waals surface area contributed by atoms with E-state index in [4.69, 9.17) is 0 Å². The third kappa shape index (κ3) is 3.43. The fourth-order valence-corrected chi connectivity index (χ4v) is 3.52. The molecule has 0 aromatic rings. The van der Waals surface area contributed by atoms with Gasteiger partial charge in [-0.15, -0.1) is 0 Å². The molecule has 2 fully saturated rings. The molecule has 0 aromatic heterocycles. The Kier molecular flexibility index (Phi) is 4.83. The van der Waals surface area contributed by atoms with E-state index in [-0.39, 0.29) is 0 Å². The Morgan fingerprint density at radius 3 is 2.29 bits per heavy atom. The summed E-state index contributed by atoms with van der Waals surface area (Å²) < 4.78 is 0. The first-order valence-corrected chi connectivity index (χ1v) is 7.24. The molecule has 0 amide bonds. The monoisotopic (exact) mass is 239 g/mol. The topological polar surface area (TPSA) is 18.5 Å². The summed E-state index contributed by atoms with van der Waals surface area (Å²) in [6, 6.07) is 0.891. The van der Waals surface area contributed by atoms with Gasteiger partial charge in [0.1, 0.15) is 0 Å². The van der Waals surface area contributed by atoms with Gasteiger partial charge in [-0.05, 0) is 78.3 Å². The molecule has 2 unspecified atom stereocenters. The summed E-state index contributed by atoms with van der Waals surface area (Å²) in [6.45, 7) is 5.16. The van der Waals surface area contributed by atoms with E-state index in [1.165, 1.54) is 51.9 Å². The quantitative estimate of drug-likeness (QED) is 0.779. The molecule has 1 saturated heterocycles. The van der Waals surface area contributed by atoms with Crippen LogP contribution in [-0.4, -0.2) is 63.2 Å². The number of nitrogens with zero attached hydrogens (tertiary/aromatic N) is 2. The average Bonchev–Trinajstić information content (AvgIpc) is 2.26. The normalized spacial score (nSPS) is 31.8. The molecule has 1 saturated carbocycles. The van der Waals surface area contributed by atoms with Crippen LogP contribution in [0.1, 0.15) is 25.7 Å². The maximum atomic E-state index is 3.34. The van der Waals surface area contributed by atoms with E-state index in [0.29, 0.717) is 0 Å². The Hall–Kier alpha value is -0.120. The predicted molar refractivity (Wildman–Crippen MR) is 73.3 cm³/mol. The Morgan fingerprint density at radius 1 is 1.12 bits per heavy atom. The second-order valence-corrected chi connectivity index (χ2v) is 6.20. The fourth-order valence-electron chi connectivity index (χ4n) is 3.52. The number of hydrogen-bond donors (Lipinski definition) is 1. The van der Waals surface area contributed by atoms with Gasteiger partial charge in [-0.1, -0.05) is 0 Å². The third-order valence-corrected chi connectivity index (χ3v) is 4.59. The first kappa shape index (κ1) is 13.3. The fraction of sp³-hybridized carbons (Fsp3) is 1.00. The molecule has 1 heterocycles. The van der Waals surface area contributed by atoms with E-state index in [1.54, 1.807) is 0 Å². The second kappa shape index (κ2) is 6.17. The molecule has 2 atom stereocenters. The molecule has 0 spiro atoms. The molecule has 0 bridgehead atoms. The lowest BCUT2D eigenvalue weighted by Gasteiger charge is -2.47. The van der Waals surface area contributed by atoms with Crippen molar-refractivity contribution in [2.75, 3.05) is 47.3 Å². The van der Waals surface area contributed by atoms with Gasteiger partial charge in [-0.3, -0.25) is 0 Å². The minimum Gasteiger partial charge on any atom is -0.319 e. The van der Waals surface area contributed by atoms with Crippen molar-refractivity contribution < 1.29 is 0 Å². The van der Waals surface area contributed by atoms with E-state index < -0.39 is 0 Å². The summed E-state index contributed by atoms with van der Waals surface area (Å²) in [7, 11) is 6.47. The third-order valence-electron chi connectivity index (χ3n) is 4.59. The van der Waals surface area contributed by atoms with Gasteiger partial charge in [0.2, 0.25) is 0 Å². The smallest absolute Gasteiger partial charge is 0.0136 e. The predicted octanol–water partition coefficient (Wildman–Crippen LogP) is 1.26. The van der Waals surface area contributed by atoms with Crippen LogP contribution in [0.3, 0.4) is 0 Å². The summed E-state index contributed by atoms with van der Waals surface area (Å²) in [4.78, 5) is 5.10. The molecular formula is C14H29N3. The Bertz CT molecular complexity index is 222. The van der Waals surface area contributed by atoms with Crippen LogP contribution >= 0.6 is 0 Å². The molecule has 0 radical (unpaired) electrons. The lowest BCUT2D eigenvalue weighted by atomic mass is 9.77. The summed E-state index contributed by atoms with van der Waals surface area (Å²) in [5.41, 5.74) is 0. The van der Waals surface area contributed by atoms with Crippen molar-refractivity contribution in [2.24, 2.45) is 11.8 Å². The molecule has 3 heteroatoms. The Morgan fingerprint density at radius 2 is 1.82 bits per heavy atom. The Labute approximate surface area is 107 Å². The molecule has 100 valence electrons. The highest BCUT2D eigenvalue weighted by Gasteiger charge is 2.36. The lowest BCUT2D eigenvalue weighted by molar-refractivity contribution is 0.0318. The molecule has 1 aliphatic carbocycles. The maximum absolute atomic E-state index is 3.34. The van der Waals surface area contributed by atoms with Gasteiger partial charge in [0.15, 0.2) is 0 Å². The highest BCUT2D eigenvalue weighted by molar-refractivity contribution is 4.91. The molecule has 1 N–H and O–H groups in total. The molecule has 0 aromatic carbocycles. The zero-order valence-corrected chi connectivity index (χ0v) is 11.8. The molecule has 3 nitrogen and oxygen atoms in total. The minimum absolute atomic E-state index is 0.891. The zero-order valence-electron chi connectivity index (χ0n) is 11.8. The van der Waals surface area contributed by atoms with Crippen molar-refractivity contribution in [3.8, 4) is 0 Å². The number of nitrogens with one attached hydrogen (secondary N) is 1. The molecule has 2 aliphatic rings. The van der Waals surface area contributed by atoms with E-state index in [1.807, 2.05) is 0 Å². The van der Waals surface area contributed by atoms with Crippen molar-refractivity contribution >= 4 is 0 Å². The van der Waals surface area contributed by atoms with Crippen LogP contribution in [0.2, 0.25) is 0 Å². The zero-order chi connectivity index (χ0) is 12.3. The van der Waals surface area contributed by atoms with E-state index in [2.05, 4.69) is 36.3 Å². The summed E-state index contributed by atoms with van der Waals surface area (Å²) in [6.07, 6.45) is 5.68. The minimum atomic E-state index is 0.891. The first-order chi connectivity index (χ1) is 8.20. The Balaban J connectivity index is 1.71. The van der Waals surface area contributed by atoms with Crippen LogP contribution in [-0.2, 0) is 0 Å². The van der Waals surface area contributed by atoms with Crippen molar-refractivity contribution in [1.29, 1.82) is 0 Å². The van der Waals surface area contributed by atoms with Crippen LogP contribution in [0.15, 0.2) is 0 Å². The van der Waals surface area contributed by atoms with Gasteiger partial charge < -0.3 is 15.1 Å². The standard InChI is InChI=1S/C14H29N3/c1-15-10-13-4-5-14(13)17-8-6-12(7-9-17)11-16(2)3/h12-15H,4-11H2,1-3H3. The molecule has 1 aliphatic heterocycles. The van der Waals surface area contributed by atoms with Crippen molar-refractivity contribution in [3.05, 3.63) is 0 Å². The summed E-state index contributed by atoms with van der Waals surface area (Å²) >= 11 is 0. The number of rotatable bonds is 5. The van der Waals surface area contributed by atoms with Crippen LogP contribution in [0.5, 0.6) is 0 Å². The summed E-state index contributed by atoms with van der Waals surface area (Å²) in [5.74, 6) is 1.86. The van der Waals surface area contributed by atoms with Gasteiger partial charge in [-0.25, -0.2) is 0 Å². The van der Waals surface area contributed by atoms with E-state index in [0.717, 1.165) is 17.9 Å². The van der Waals surface area contributed by atoms with Crippen molar-refractivity contribution in [2.45, 2.75) is 31.7 Å². The van der Waals surface area contributed by atoms with Crippen molar-refractivity contribution in [3.63, 3.8) is 0 Å². The van der Waals surface area contributed by atoms with Gasteiger partial charge in [0, 0.05) is 12.6 Å². The SMILES string of the molecule is CNCC1CCC1N1CCC(CN(C)C)CC1. The van der Waals surface area contributed by atoms with Gasteiger partial charge in [-0.2, -0.15) is 0 Å². The van der Waals surface area contributed by atoms with Crippen LogP contribution in [0.4, 0.5) is 0 Å². The highest BCUT2D eigenvalue weighted by atomic mass is 15.2. The second-order valence-electron chi connectivity index (χ2n) is 6.20. The highest BCUT2D eigenvalue weighted by Crippen LogP contribution is 2.34.